The Bertz CT molecular complexity index is 1000. The van der Waals surface area contributed by atoms with Gasteiger partial charge < -0.3 is 10.1 Å². The number of anilines is 1. The minimum absolute atomic E-state index is 0.0613. The number of carbonyl (C=O) groups excluding carboxylic acids is 2. The highest BCUT2D eigenvalue weighted by atomic mass is 35.5. The molecule has 0 spiro atoms. The summed E-state index contributed by atoms with van der Waals surface area (Å²) in [5.74, 6) is -1.12. The Morgan fingerprint density at radius 2 is 1.97 bits per heavy atom. The first-order valence-corrected chi connectivity index (χ1v) is 12.3. The Morgan fingerprint density at radius 1 is 1.23 bits per heavy atom. The predicted molar refractivity (Wildman–Crippen MR) is 116 cm³/mol. The van der Waals surface area contributed by atoms with Gasteiger partial charge in [0.15, 0.2) is 6.10 Å². The molecule has 1 aromatic heterocycles. The van der Waals surface area contributed by atoms with E-state index in [1.165, 1.54) is 40.8 Å². The quantitative estimate of drug-likeness (QED) is 0.623. The van der Waals surface area contributed by atoms with Gasteiger partial charge in [-0.3, -0.25) is 9.59 Å². The maximum Gasteiger partial charge on any atom is 0.311 e. The van der Waals surface area contributed by atoms with Crippen molar-refractivity contribution in [3.8, 4) is 0 Å². The van der Waals surface area contributed by atoms with Crippen molar-refractivity contribution in [1.29, 1.82) is 0 Å². The van der Waals surface area contributed by atoms with Gasteiger partial charge in [-0.15, -0.1) is 0 Å². The average Bonchev–Trinajstić information content (AvgIpc) is 3.22. The molecule has 1 unspecified atom stereocenters. The number of carbonyl (C=O) groups is 2. The number of amides is 1. The molecule has 0 aliphatic carbocycles. The monoisotopic (exact) mass is 470 g/mol. The molecule has 1 N–H and O–H groups in total. The number of esters is 1. The number of rotatable bonds is 7. The first kappa shape index (κ1) is 22.7. The highest BCUT2D eigenvalue weighted by Gasteiger charge is 2.27. The number of piperidine rings is 1. The molecule has 1 amide bonds. The second-order valence-electron chi connectivity index (χ2n) is 7.04. The van der Waals surface area contributed by atoms with Gasteiger partial charge in [-0.05, 0) is 60.4 Å². The summed E-state index contributed by atoms with van der Waals surface area (Å²) in [6, 6.07) is 6.00. The molecule has 162 valence electrons. The number of ether oxygens (including phenoxy) is 1. The first-order valence-electron chi connectivity index (χ1n) is 9.58. The lowest BCUT2D eigenvalue weighted by Gasteiger charge is -2.26. The molecule has 2 heterocycles. The number of benzene rings is 1. The van der Waals surface area contributed by atoms with Crippen molar-refractivity contribution in [1.82, 2.24) is 4.31 Å². The van der Waals surface area contributed by atoms with Crippen molar-refractivity contribution in [3.63, 3.8) is 0 Å². The topological polar surface area (TPSA) is 92.8 Å². The van der Waals surface area contributed by atoms with Gasteiger partial charge >= 0.3 is 5.97 Å². The number of thiophene rings is 1. The minimum atomic E-state index is -3.67. The molecular weight excluding hydrogens is 448 g/mol. The highest BCUT2D eigenvalue weighted by molar-refractivity contribution is 7.89. The molecular formula is C20H23ClN2O5S2. The summed E-state index contributed by atoms with van der Waals surface area (Å²) in [6.45, 7) is 2.40. The van der Waals surface area contributed by atoms with Gasteiger partial charge in [0.25, 0.3) is 5.91 Å². The van der Waals surface area contributed by atoms with E-state index >= 15 is 0 Å². The Balaban J connectivity index is 1.67. The first-order chi connectivity index (χ1) is 14.3. The molecule has 1 aliphatic heterocycles. The average molecular weight is 471 g/mol. The second kappa shape index (κ2) is 9.91. The van der Waals surface area contributed by atoms with E-state index in [1.54, 1.807) is 0 Å². The maximum atomic E-state index is 12.9. The minimum Gasteiger partial charge on any atom is -0.452 e. The van der Waals surface area contributed by atoms with Gasteiger partial charge in [0, 0.05) is 13.1 Å². The van der Waals surface area contributed by atoms with Gasteiger partial charge in [0.05, 0.1) is 22.0 Å². The van der Waals surface area contributed by atoms with Crippen molar-refractivity contribution < 1.29 is 22.7 Å². The van der Waals surface area contributed by atoms with Crippen LogP contribution >= 0.6 is 22.9 Å². The third-order valence-corrected chi connectivity index (χ3v) is 7.71. The normalized spacial score (nSPS) is 16.1. The second-order valence-corrected chi connectivity index (χ2v) is 10.2. The molecule has 1 aromatic carbocycles. The van der Waals surface area contributed by atoms with Crippen molar-refractivity contribution in [2.45, 2.75) is 43.6 Å². The Labute approximate surface area is 185 Å². The molecule has 0 radical (unpaired) electrons. The summed E-state index contributed by atoms with van der Waals surface area (Å²) < 4.78 is 32.4. The summed E-state index contributed by atoms with van der Waals surface area (Å²) in [6.07, 6.45) is 1.67. The standard InChI is InChI=1S/C20H23ClN2O5S2/c1-14(28-19(24)11-15-7-10-29-13-15)20(25)22-18-12-16(5-6-17(18)21)30(26,27)23-8-3-2-4-9-23/h5-7,10,12-14H,2-4,8-9,11H2,1H3,(H,22,25). The van der Waals surface area contributed by atoms with Gasteiger partial charge in [-0.25, -0.2) is 8.42 Å². The van der Waals surface area contributed by atoms with Crippen molar-refractivity contribution in [3.05, 3.63) is 45.6 Å². The molecule has 1 atom stereocenters. The SMILES string of the molecule is CC(OC(=O)Cc1ccsc1)C(=O)Nc1cc(S(=O)(=O)N2CCCCC2)ccc1Cl. The molecule has 3 rings (SSSR count). The molecule has 1 saturated heterocycles. The van der Waals surface area contributed by atoms with Crippen LogP contribution in [-0.4, -0.2) is 43.8 Å². The van der Waals surface area contributed by atoms with Crippen LogP contribution in [0.4, 0.5) is 5.69 Å². The van der Waals surface area contributed by atoms with Crippen LogP contribution in [-0.2, 0) is 30.8 Å². The zero-order valence-electron chi connectivity index (χ0n) is 16.5. The lowest BCUT2D eigenvalue weighted by Crippen LogP contribution is -2.35. The molecule has 7 nitrogen and oxygen atoms in total. The molecule has 1 aliphatic rings. The van der Waals surface area contributed by atoms with Crippen LogP contribution in [0.5, 0.6) is 0 Å². The van der Waals surface area contributed by atoms with Crippen LogP contribution in [0.2, 0.25) is 5.02 Å². The molecule has 0 saturated carbocycles. The predicted octanol–water partition coefficient (Wildman–Crippen LogP) is 3.69. The van der Waals surface area contributed by atoms with E-state index in [-0.39, 0.29) is 22.0 Å². The van der Waals surface area contributed by atoms with Gasteiger partial charge in [0.2, 0.25) is 10.0 Å². The third kappa shape index (κ3) is 5.60. The zero-order chi connectivity index (χ0) is 21.7. The van der Waals surface area contributed by atoms with Crippen LogP contribution in [0.15, 0.2) is 39.9 Å². The van der Waals surface area contributed by atoms with Crippen LogP contribution in [0.1, 0.15) is 31.7 Å². The zero-order valence-corrected chi connectivity index (χ0v) is 18.9. The fraction of sp³-hybridized carbons (Fsp3) is 0.400. The Kier molecular flexibility index (Phi) is 7.51. The molecule has 30 heavy (non-hydrogen) atoms. The van der Waals surface area contributed by atoms with Crippen LogP contribution < -0.4 is 5.32 Å². The van der Waals surface area contributed by atoms with E-state index in [1.807, 2.05) is 16.8 Å². The number of hydrogen-bond acceptors (Lipinski definition) is 6. The summed E-state index contributed by atoms with van der Waals surface area (Å²) in [5.41, 5.74) is 0.969. The van der Waals surface area contributed by atoms with Gasteiger partial charge in [-0.1, -0.05) is 18.0 Å². The Morgan fingerprint density at radius 3 is 2.63 bits per heavy atom. The molecule has 2 aromatic rings. The summed E-state index contributed by atoms with van der Waals surface area (Å²) in [4.78, 5) is 24.5. The van der Waals surface area contributed by atoms with Crippen molar-refractivity contribution >= 4 is 50.5 Å². The highest BCUT2D eigenvalue weighted by Crippen LogP contribution is 2.28. The maximum absolute atomic E-state index is 12.9. The van der Waals surface area contributed by atoms with Crippen LogP contribution in [0.3, 0.4) is 0 Å². The van der Waals surface area contributed by atoms with E-state index in [9.17, 15) is 18.0 Å². The number of nitrogens with one attached hydrogen (secondary N) is 1. The lowest BCUT2D eigenvalue weighted by molar-refractivity contribution is -0.152. The van der Waals surface area contributed by atoms with Crippen LogP contribution in [0, 0.1) is 0 Å². The van der Waals surface area contributed by atoms with Crippen molar-refractivity contribution in [2.75, 3.05) is 18.4 Å². The Hall–Kier alpha value is -1.94. The molecule has 1 fully saturated rings. The van der Waals surface area contributed by atoms with Crippen LogP contribution in [0.25, 0.3) is 0 Å². The number of nitrogens with zero attached hydrogens (tertiary/aromatic N) is 1. The van der Waals surface area contributed by atoms with E-state index in [0.717, 1.165) is 24.8 Å². The summed E-state index contributed by atoms with van der Waals surface area (Å²) in [5, 5.41) is 6.44. The fourth-order valence-electron chi connectivity index (χ4n) is 3.10. The summed E-state index contributed by atoms with van der Waals surface area (Å²) >= 11 is 7.62. The molecule has 10 heteroatoms. The van der Waals surface area contributed by atoms with E-state index in [2.05, 4.69) is 5.32 Å². The lowest BCUT2D eigenvalue weighted by atomic mass is 10.2. The number of hydrogen-bond donors (Lipinski definition) is 1. The number of halogens is 1. The largest absolute Gasteiger partial charge is 0.452 e. The number of sulfonamides is 1. The van der Waals surface area contributed by atoms with E-state index in [4.69, 9.17) is 16.3 Å². The molecule has 0 bridgehead atoms. The van der Waals surface area contributed by atoms with E-state index < -0.39 is 28.0 Å². The van der Waals surface area contributed by atoms with Gasteiger partial charge in [-0.2, -0.15) is 15.6 Å². The summed E-state index contributed by atoms with van der Waals surface area (Å²) in [7, 11) is -3.67. The fourth-order valence-corrected chi connectivity index (χ4v) is 5.48. The third-order valence-electron chi connectivity index (χ3n) is 4.75. The smallest absolute Gasteiger partial charge is 0.311 e. The van der Waals surface area contributed by atoms with Crippen molar-refractivity contribution in [2.24, 2.45) is 0 Å². The van der Waals surface area contributed by atoms with E-state index in [0.29, 0.717) is 13.1 Å². The van der Waals surface area contributed by atoms with Gasteiger partial charge in [0.1, 0.15) is 0 Å².